The number of aliphatic carboxylic acids is 1. The summed E-state index contributed by atoms with van der Waals surface area (Å²) in [7, 11) is 0. The highest BCUT2D eigenvalue weighted by molar-refractivity contribution is 5.93. The first-order valence-corrected chi connectivity index (χ1v) is 19.0. The monoisotopic (exact) mass is 748 g/mol. The number of nitrogens with one attached hydrogen (secondary N) is 1. The van der Waals surface area contributed by atoms with E-state index in [1.807, 2.05) is 4.90 Å². The van der Waals surface area contributed by atoms with Gasteiger partial charge in [-0.3, -0.25) is 14.5 Å². The SMILES string of the molecule is Cc1cc2c(c(N)c1CCc1ccccc1)Cc1ccccc1-2.O=C(N[C@@H]1CCN([C@H]2CCCC[C@H]2O)C[C@H]1C(=O)O)c1cc(-c2ccc(F)cc2F)on1. The predicted molar refractivity (Wildman–Crippen MR) is 206 cm³/mol. The van der Waals surface area contributed by atoms with Gasteiger partial charge in [-0.05, 0) is 90.1 Å². The van der Waals surface area contributed by atoms with Crippen LogP contribution in [0.5, 0.6) is 0 Å². The summed E-state index contributed by atoms with van der Waals surface area (Å²) in [6.45, 7) is 2.98. The third-order valence-corrected chi connectivity index (χ3v) is 11.4. The van der Waals surface area contributed by atoms with Crippen LogP contribution in [-0.4, -0.2) is 63.4 Å². The second kappa shape index (κ2) is 16.5. The fourth-order valence-electron chi connectivity index (χ4n) is 8.39. The quantitative estimate of drug-likeness (QED) is 0.118. The van der Waals surface area contributed by atoms with E-state index in [-0.39, 0.29) is 29.6 Å². The highest BCUT2D eigenvalue weighted by atomic mass is 19.1. The van der Waals surface area contributed by atoms with Crippen LogP contribution in [0.4, 0.5) is 14.5 Å². The number of hydrogen-bond acceptors (Lipinski definition) is 7. The molecule has 4 aromatic carbocycles. The van der Waals surface area contributed by atoms with E-state index in [2.05, 4.69) is 78.1 Å². The number of likely N-dealkylation sites (tertiary alicyclic amines) is 1. The summed E-state index contributed by atoms with van der Waals surface area (Å²) >= 11 is 0. The molecule has 55 heavy (non-hydrogen) atoms. The Morgan fingerprint density at radius 2 is 1.69 bits per heavy atom. The van der Waals surface area contributed by atoms with Crippen LogP contribution in [0.15, 0.2) is 89.5 Å². The summed E-state index contributed by atoms with van der Waals surface area (Å²) in [5.74, 6) is -4.14. The van der Waals surface area contributed by atoms with Crippen molar-refractivity contribution in [3.63, 3.8) is 0 Å². The molecule has 4 atom stereocenters. The number of halogens is 2. The van der Waals surface area contributed by atoms with Crippen LogP contribution < -0.4 is 11.1 Å². The number of carboxylic acid groups (broad SMARTS) is 1. The molecule has 3 aliphatic rings. The second-order valence-corrected chi connectivity index (χ2v) is 14.9. The van der Waals surface area contributed by atoms with Crippen LogP contribution in [0.2, 0.25) is 0 Å². The van der Waals surface area contributed by atoms with E-state index < -0.39 is 41.6 Å². The number of aromatic nitrogens is 1. The van der Waals surface area contributed by atoms with E-state index in [0.717, 1.165) is 50.3 Å². The molecule has 5 N–H and O–H groups in total. The Balaban J connectivity index is 0.000000178. The molecule has 0 unspecified atom stereocenters. The molecule has 2 heterocycles. The van der Waals surface area contributed by atoms with Crippen molar-refractivity contribution in [2.24, 2.45) is 5.92 Å². The molecular weight excluding hydrogens is 703 g/mol. The number of aliphatic hydroxyl groups excluding tert-OH is 1. The van der Waals surface area contributed by atoms with Crippen molar-refractivity contribution in [2.45, 2.75) is 76.5 Å². The van der Waals surface area contributed by atoms with Crippen molar-refractivity contribution in [3.05, 3.63) is 130 Å². The topological polar surface area (TPSA) is 142 Å². The summed E-state index contributed by atoms with van der Waals surface area (Å²) in [6, 6.07) is 25.1. The Hall–Kier alpha value is -5.39. The molecule has 1 aliphatic heterocycles. The second-order valence-electron chi connectivity index (χ2n) is 14.9. The summed E-state index contributed by atoms with van der Waals surface area (Å²) in [5.41, 5.74) is 16.8. The van der Waals surface area contributed by atoms with Gasteiger partial charge in [-0.1, -0.05) is 78.7 Å². The number of aryl methyl sites for hydroxylation is 2. The third kappa shape index (κ3) is 8.33. The first-order valence-electron chi connectivity index (χ1n) is 19.0. The molecule has 2 fully saturated rings. The number of carbonyl (C=O) groups excluding carboxylic acids is 1. The van der Waals surface area contributed by atoms with Crippen molar-refractivity contribution >= 4 is 17.6 Å². The van der Waals surface area contributed by atoms with Crippen LogP contribution in [0.25, 0.3) is 22.5 Å². The van der Waals surface area contributed by atoms with Gasteiger partial charge in [0.25, 0.3) is 5.91 Å². The van der Waals surface area contributed by atoms with Gasteiger partial charge in [-0.2, -0.15) is 0 Å². The Morgan fingerprint density at radius 1 is 0.927 bits per heavy atom. The molecule has 0 bridgehead atoms. The first-order chi connectivity index (χ1) is 26.6. The zero-order valence-corrected chi connectivity index (χ0v) is 30.8. The fraction of sp³-hybridized carbons (Fsp3) is 0.341. The molecule has 8 rings (SSSR count). The van der Waals surface area contributed by atoms with Gasteiger partial charge in [0.1, 0.15) is 11.6 Å². The van der Waals surface area contributed by atoms with Gasteiger partial charge in [0, 0.05) is 49.4 Å². The lowest BCUT2D eigenvalue weighted by Crippen LogP contribution is -2.58. The Kier molecular flexibility index (Phi) is 11.4. The summed E-state index contributed by atoms with van der Waals surface area (Å²) in [5, 5.41) is 26.4. The summed E-state index contributed by atoms with van der Waals surface area (Å²) in [4.78, 5) is 26.6. The zero-order chi connectivity index (χ0) is 38.6. The number of anilines is 1. The van der Waals surface area contributed by atoms with Crippen molar-refractivity contribution in [1.82, 2.24) is 15.4 Å². The van der Waals surface area contributed by atoms with Gasteiger partial charge < -0.3 is 25.8 Å². The smallest absolute Gasteiger partial charge is 0.309 e. The standard InChI is InChI=1S/C22H25F2N3O5.C22H21N/c23-12-5-6-13(15(24)9-12)20-10-17(26-32-20)21(29)25-16-7-8-27(11-14(16)22(30)31)18-3-1-2-4-19(18)28;1-15-13-20-19-10-6-5-9-17(19)14-21(20)22(23)18(15)12-11-16-7-3-2-4-8-16/h5-6,9-10,14,16,18-19,28H,1-4,7-8,11H2,(H,25,29)(H,30,31);2-10,13H,11-12,14,23H2,1H3/t14-,16-,18+,19-;/m1./s1. The number of nitrogens with zero attached hydrogens (tertiary/aromatic N) is 2. The highest BCUT2D eigenvalue weighted by Crippen LogP contribution is 2.42. The van der Waals surface area contributed by atoms with Crippen molar-refractivity contribution < 1.29 is 33.1 Å². The number of benzene rings is 4. The number of hydrogen-bond donors (Lipinski definition) is 4. The van der Waals surface area contributed by atoms with E-state index in [9.17, 15) is 28.6 Å². The number of carboxylic acids is 1. The summed E-state index contributed by atoms with van der Waals surface area (Å²) < 4.78 is 32.1. The largest absolute Gasteiger partial charge is 0.481 e. The minimum absolute atomic E-state index is 0.0384. The molecule has 0 spiro atoms. The molecule has 1 saturated heterocycles. The minimum Gasteiger partial charge on any atom is -0.481 e. The lowest BCUT2D eigenvalue weighted by Gasteiger charge is -2.43. The van der Waals surface area contributed by atoms with Crippen LogP contribution in [0.1, 0.15) is 70.4 Å². The molecule has 286 valence electrons. The van der Waals surface area contributed by atoms with E-state index in [1.54, 1.807) is 0 Å². The lowest BCUT2D eigenvalue weighted by atomic mass is 9.86. The first kappa shape index (κ1) is 37.9. The van der Waals surface area contributed by atoms with Crippen LogP contribution in [0, 0.1) is 24.5 Å². The number of nitrogen functional groups attached to an aromatic ring is 1. The Morgan fingerprint density at radius 3 is 2.45 bits per heavy atom. The van der Waals surface area contributed by atoms with Gasteiger partial charge in [0.05, 0.1) is 17.6 Å². The fourth-order valence-corrected chi connectivity index (χ4v) is 8.39. The van der Waals surface area contributed by atoms with Gasteiger partial charge in [0.2, 0.25) is 0 Å². The molecule has 1 amide bonds. The minimum atomic E-state index is -1.03. The Bertz CT molecular complexity index is 2170. The highest BCUT2D eigenvalue weighted by Gasteiger charge is 2.40. The van der Waals surface area contributed by atoms with Crippen molar-refractivity contribution in [3.8, 4) is 22.5 Å². The van der Waals surface area contributed by atoms with Gasteiger partial charge in [-0.15, -0.1) is 0 Å². The molecule has 1 aromatic heterocycles. The predicted octanol–water partition coefficient (Wildman–Crippen LogP) is 7.36. The van der Waals surface area contributed by atoms with Crippen LogP contribution in [0.3, 0.4) is 0 Å². The number of aliphatic hydroxyl groups is 1. The molecular formula is C44H46F2N4O5. The molecule has 11 heteroatoms. The van der Waals surface area contributed by atoms with Crippen molar-refractivity contribution in [2.75, 3.05) is 18.8 Å². The van der Waals surface area contributed by atoms with Gasteiger partial charge in [0.15, 0.2) is 11.5 Å². The van der Waals surface area contributed by atoms with E-state index >= 15 is 0 Å². The molecule has 2 aliphatic carbocycles. The third-order valence-electron chi connectivity index (χ3n) is 11.4. The maximum Gasteiger partial charge on any atom is 0.309 e. The van der Waals surface area contributed by atoms with Gasteiger partial charge in [-0.25, -0.2) is 8.78 Å². The van der Waals surface area contributed by atoms with Crippen molar-refractivity contribution in [1.29, 1.82) is 0 Å². The van der Waals surface area contributed by atoms with E-state index in [0.29, 0.717) is 25.5 Å². The maximum absolute atomic E-state index is 14.0. The van der Waals surface area contributed by atoms with E-state index in [4.69, 9.17) is 10.3 Å². The number of nitrogens with two attached hydrogens (primary N) is 1. The Labute approximate surface area is 319 Å². The average Bonchev–Trinajstić information content (AvgIpc) is 3.82. The number of amides is 1. The van der Waals surface area contributed by atoms with E-state index in [1.165, 1.54) is 51.1 Å². The van der Waals surface area contributed by atoms with Gasteiger partial charge >= 0.3 is 5.97 Å². The maximum atomic E-state index is 14.0. The molecule has 5 aromatic rings. The average molecular weight is 749 g/mol. The number of fused-ring (bicyclic) bond motifs is 3. The summed E-state index contributed by atoms with van der Waals surface area (Å²) in [6.07, 6.45) is 6.45. The normalized spacial score (nSPS) is 20.5. The van der Waals surface area contributed by atoms with Crippen LogP contribution >= 0.6 is 0 Å². The number of piperidine rings is 1. The lowest BCUT2D eigenvalue weighted by molar-refractivity contribution is -0.145. The number of rotatable bonds is 8. The number of carbonyl (C=O) groups is 2. The zero-order valence-electron chi connectivity index (χ0n) is 30.8. The molecule has 0 radical (unpaired) electrons. The molecule has 9 nitrogen and oxygen atoms in total. The molecule has 1 saturated carbocycles. The van der Waals surface area contributed by atoms with Crippen LogP contribution in [-0.2, 0) is 24.1 Å².